The smallest absolute Gasteiger partial charge is 0.308 e. The Morgan fingerprint density at radius 3 is 2.24 bits per heavy atom. The van der Waals surface area contributed by atoms with Crippen molar-refractivity contribution in [2.24, 2.45) is 28.6 Å². The van der Waals surface area contributed by atoms with Crippen molar-refractivity contribution >= 4 is 29.5 Å². The van der Waals surface area contributed by atoms with Gasteiger partial charge in [-0.25, -0.2) is 0 Å². The van der Waals surface area contributed by atoms with E-state index in [4.69, 9.17) is 4.74 Å². The topological polar surface area (TPSA) is 122 Å². The molecule has 0 bridgehead atoms. The largest absolute Gasteiger partial charge is 0.460 e. The summed E-state index contributed by atoms with van der Waals surface area (Å²) in [5, 5.41) is 5.24. The Kier molecular flexibility index (Phi) is 9.60. The van der Waals surface area contributed by atoms with Crippen molar-refractivity contribution in [3.63, 3.8) is 0 Å². The van der Waals surface area contributed by atoms with Gasteiger partial charge in [-0.3, -0.25) is 24.0 Å². The van der Waals surface area contributed by atoms with E-state index in [1.165, 1.54) is 0 Å². The fraction of sp³-hybridized carbons (Fsp3) is 0.759. The lowest BCUT2D eigenvalue weighted by Crippen LogP contribution is -2.56. The number of esters is 1. The highest BCUT2D eigenvalue weighted by atomic mass is 16.6. The van der Waals surface area contributed by atoms with Crippen LogP contribution in [0, 0.1) is 28.6 Å². The van der Waals surface area contributed by atoms with Gasteiger partial charge in [0, 0.05) is 19.0 Å². The standard InChI is InChI=1S/C29H47N3O6/c1-11-12-13-19(23(34)25(36)30-15-14-20(33)38-28(6,7)8)31-24(35)22-21-18(29(21,9)10)16-32(22)26(37)17(2)27(3,4)5/h11,17-19,21-22H,1,12-16H2,2-10H3,(H,30,36)(H,31,35)/t17-,18+,19+,21+,22+/m1/s1. The van der Waals surface area contributed by atoms with Crippen LogP contribution in [0.3, 0.4) is 0 Å². The summed E-state index contributed by atoms with van der Waals surface area (Å²) in [5.74, 6) is -2.73. The molecule has 3 amide bonds. The molecular weight excluding hydrogens is 486 g/mol. The summed E-state index contributed by atoms with van der Waals surface area (Å²) in [6.07, 6.45) is 2.14. The molecule has 9 heteroatoms. The zero-order valence-electron chi connectivity index (χ0n) is 24.6. The predicted molar refractivity (Wildman–Crippen MR) is 145 cm³/mol. The summed E-state index contributed by atoms with van der Waals surface area (Å²) in [6, 6.07) is -1.76. The van der Waals surface area contributed by atoms with Crippen LogP contribution in [-0.4, -0.2) is 65.1 Å². The zero-order chi connectivity index (χ0) is 29.2. The van der Waals surface area contributed by atoms with Crippen molar-refractivity contribution in [1.29, 1.82) is 0 Å². The normalized spacial score (nSPS) is 23.5. The molecule has 1 saturated carbocycles. The van der Waals surface area contributed by atoms with Gasteiger partial charge in [0.1, 0.15) is 11.6 Å². The third-order valence-electron chi connectivity index (χ3n) is 7.98. The van der Waals surface area contributed by atoms with Gasteiger partial charge >= 0.3 is 5.97 Å². The lowest BCUT2D eigenvalue weighted by atomic mass is 9.81. The number of ketones is 1. The molecule has 0 radical (unpaired) electrons. The van der Waals surface area contributed by atoms with E-state index in [-0.39, 0.29) is 53.9 Å². The Morgan fingerprint density at radius 1 is 1.11 bits per heavy atom. The van der Waals surface area contributed by atoms with Crippen LogP contribution in [0.5, 0.6) is 0 Å². The van der Waals surface area contributed by atoms with E-state index in [0.29, 0.717) is 13.0 Å². The SMILES string of the molecule is C=CCC[C@H](NC(=O)[C@@H]1[C@@H]2[C@H](CN1C(=O)[C@@H](C)C(C)(C)C)C2(C)C)C(=O)C(=O)NCCC(=O)OC(C)(C)C. The molecule has 2 fully saturated rings. The lowest BCUT2D eigenvalue weighted by Gasteiger charge is -2.36. The molecule has 1 aliphatic carbocycles. The predicted octanol–water partition coefficient (Wildman–Crippen LogP) is 3.02. The Morgan fingerprint density at radius 2 is 1.71 bits per heavy atom. The van der Waals surface area contributed by atoms with Gasteiger partial charge in [-0.15, -0.1) is 6.58 Å². The number of rotatable bonds is 11. The number of hydrogen-bond donors (Lipinski definition) is 2. The summed E-state index contributed by atoms with van der Waals surface area (Å²) in [5.41, 5.74) is -0.990. The number of piperidine rings is 1. The molecule has 38 heavy (non-hydrogen) atoms. The first-order valence-corrected chi connectivity index (χ1v) is 13.6. The first-order valence-electron chi connectivity index (χ1n) is 13.6. The summed E-state index contributed by atoms with van der Waals surface area (Å²) in [4.78, 5) is 66.2. The molecule has 2 aliphatic rings. The maximum absolute atomic E-state index is 13.6. The van der Waals surface area contributed by atoms with E-state index in [1.54, 1.807) is 31.7 Å². The Balaban J connectivity index is 2.12. The molecule has 1 aliphatic heterocycles. The van der Waals surface area contributed by atoms with Crippen LogP contribution in [0.1, 0.15) is 81.6 Å². The van der Waals surface area contributed by atoms with Crippen LogP contribution in [-0.2, 0) is 28.7 Å². The number of hydrogen-bond acceptors (Lipinski definition) is 6. The van der Waals surface area contributed by atoms with Crippen molar-refractivity contribution < 1.29 is 28.7 Å². The lowest BCUT2D eigenvalue weighted by molar-refractivity contribution is -0.154. The summed E-state index contributed by atoms with van der Waals surface area (Å²) >= 11 is 0. The second-order valence-corrected chi connectivity index (χ2v) is 13.4. The first-order chi connectivity index (χ1) is 17.3. The fourth-order valence-electron chi connectivity index (χ4n) is 5.16. The third kappa shape index (κ3) is 7.44. The van der Waals surface area contributed by atoms with E-state index >= 15 is 0 Å². The highest BCUT2D eigenvalue weighted by Gasteiger charge is 2.69. The molecular formula is C29H47N3O6. The quantitative estimate of drug-likeness (QED) is 0.239. The zero-order valence-corrected chi connectivity index (χ0v) is 24.6. The number of fused-ring (bicyclic) bond motifs is 1. The molecule has 0 unspecified atom stereocenters. The van der Waals surface area contributed by atoms with Crippen molar-refractivity contribution in [3.05, 3.63) is 12.7 Å². The van der Waals surface area contributed by atoms with Crippen molar-refractivity contribution in [2.75, 3.05) is 13.1 Å². The summed E-state index contributed by atoms with van der Waals surface area (Å²) in [7, 11) is 0. The Hall–Kier alpha value is -2.71. The summed E-state index contributed by atoms with van der Waals surface area (Å²) < 4.78 is 5.21. The number of allylic oxidation sites excluding steroid dienone is 1. The van der Waals surface area contributed by atoms with E-state index in [2.05, 4.69) is 31.1 Å². The van der Waals surface area contributed by atoms with Crippen LogP contribution in [0.15, 0.2) is 12.7 Å². The molecule has 1 saturated heterocycles. The van der Waals surface area contributed by atoms with Gasteiger partial charge in [0.25, 0.3) is 5.91 Å². The number of nitrogens with zero attached hydrogens (tertiary/aromatic N) is 1. The van der Waals surface area contributed by atoms with Crippen molar-refractivity contribution in [3.8, 4) is 0 Å². The molecule has 0 aromatic carbocycles. The van der Waals surface area contributed by atoms with Gasteiger partial charge in [-0.1, -0.05) is 47.6 Å². The molecule has 0 spiro atoms. The summed E-state index contributed by atoms with van der Waals surface area (Å²) in [6.45, 7) is 21.4. The first kappa shape index (κ1) is 31.5. The number of carbonyl (C=O) groups is 5. The minimum absolute atomic E-state index is 0.00331. The van der Waals surface area contributed by atoms with Crippen molar-refractivity contribution in [1.82, 2.24) is 15.5 Å². The van der Waals surface area contributed by atoms with Crippen LogP contribution >= 0.6 is 0 Å². The number of likely N-dealkylation sites (tertiary alicyclic amines) is 1. The van der Waals surface area contributed by atoms with Crippen molar-refractivity contribution in [2.45, 2.75) is 99.3 Å². The fourth-order valence-corrected chi connectivity index (χ4v) is 5.16. The number of ether oxygens (including phenoxy) is 1. The maximum atomic E-state index is 13.6. The highest BCUT2D eigenvalue weighted by Crippen LogP contribution is 2.65. The molecule has 214 valence electrons. The molecule has 9 nitrogen and oxygen atoms in total. The highest BCUT2D eigenvalue weighted by molar-refractivity contribution is 6.38. The number of nitrogens with one attached hydrogen (secondary N) is 2. The van der Waals surface area contributed by atoms with Gasteiger partial charge < -0.3 is 20.3 Å². The molecule has 2 N–H and O–H groups in total. The third-order valence-corrected chi connectivity index (χ3v) is 7.98. The maximum Gasteiger partial charge on any atom is 0.308 e. The molecule has 2 rings (SSSR count). The molecule has 0 aromatic heterocycles. The average Bonchev–Trinajstić information content (AvgIpc) is 3.12. The second kappa shape index (κ2) is 11.6. The number of carbonyl (C=O) groups excluding carboxylic acids is 5. The van der Waals surface area contributed by atoms with Crippen LogP contribution < -0.4 is 10.6 Å². The second-order valence-electron chi connectivity index (χ2n) is 13.4. The van der Waals surface area contributed by atoms with Gasteiger partial charge in [-0.2, -0.15) is 0 Å². The molecule has 1 heterocycles. The monoisotopic (exact) mass is 533 g/mol. The molecule has 5 atom stereocenters. The van der Waals surface area contributed by atoms with Gasteiger partial charge in [-0.05, 0) is 56.3 Å². The number of amides is 3. The Bertz CT molecular complexity index is 958. The average molecular weight is 534 g/mol. The van der Waals surface area contributed by atoms with Gasteiger partial charge in [0.05, 0.1) is 12.5 Å². The van der Waals surface area contributed by atoms with E-state index < -0.39 is 41.3 Å². The Labute approximate surface area is 227 Å². The molecule has 0 aromatic rings. The van der Waals surface area contributed by atoms with E-state index in [0.717, 1.165) is 0 Å². The number of Topliss-reactive ketones (excluding diaryl/α,β-unsaturated/α-hetero) is 1. The van der Waals surface area contributed by atoms with E-state index in [1.807, 2.05) is 27.7 Å². The van der Waals surface area contributed by atoms with E-state index in [9.17, 15) is 24.0 Å². The van der Waals surface area contributed by atoms with Crippen LogP contribution in [0.2, 0.25) is 0 Å². The minimum Gasteiger partial charge on any atom is -0.460 e. The van der Waals surface area contributed by atoms with Crippen LogP contribution in [0.4, 0.5) is 0 Å². The van der Waals surface area contributed by atoms with Gasteiger partial charge in [0.2, 0.25) is 17.6 Å². The van der Waals surface area contributed by atoms with Crippen LogP contribution in [0.25, 0.3) is 0 Å². The minimum atomic E-state index is -1.07. The van der Waals surface area contributed by atoms with Gasteiger partial charge in [0.15, 0.2) is 0 Å².